The Hall–Kier alpha value is -1.98. The van der Waals surface area contributed by atoms with Crippen LogP contribution in [0.1, 0.15) is 21.8 Å². The van der Waals surface area contributed by atoms with Crippen LogP contribution >= 0.6 is 11.3 Å². The highest BCUT2D eigenvalue weighted by atomic mass is 32.1. The van der Waals surface area contributed by atoms with Crippen molar-refractivity contribution in [2.75, 3.05) is 26.3 Å². The van der Waals surface area contributed by atoms with Crippen molar-refractivity contribution in [2.24, 2.45) is 0 Å². The maximum atomic E-state index is 12.8. The molecule has 1 aromatic heterocycles. The lowest BCUT2D eigenvalue weighted by Crippen LogP contribution is -2.33. The van der Waals surface area contributed by atoms with Crippen LogP contribution in [0.25, 0.3) is 10.6 Å². The Labute approximate surface area is 139 Å². The molecule has 0 amide bonds. The summed E-state index contributed by atoms with van der Waals surface area (Å²) in [7, 11) is 0. The number of thiazole rings is 1. The number of allylic oxidation sites excluding steroid dienone is 1. The standard InChI is InChI=1S/C18H18N2O2S/c21-16-14(12-20-8-10-22-11-9-20)6-7-15-17(16)23-18(19-15)13-4-2-1-3-5-13/h1-5,12H,6-11H2/b14-12+. The average Bonchev–Trinajstić information content (AvgIpc) is 3.04. The molecule has 1 aliphatic heterocycles. The second-order valence-corrected chi connectivity index (χ2v) is 6.79. The van der Waals surface area contributed by atoms with Crippen molar-refractivity contribution >= 4 is 17.1 Å². The van der Waals surface area contributed by atoms with Crippen molar-refractivity contribution < 1.29 is 9.53 Å². The van der Waals surface area contributed by atoms with Crippen molar-refractivity contribution in [3.05, 3.63) is 52.7 Å². The first-order chi connectivity index (χ1) is 11.3. The van der Waals surface area contributed by atoms with Gasteiger partial charge in [-0.3, -0.25) is 4.79 Å². The normalized spacial score (nSPS) is 19.9. The monoisotopic (exact) mass is 326 g/mol. The summed E-state index contributed by atoms with van der Waals surface area (Å²) in [5, 5.41) is 0.941. The highest BCUT2D eigenvalue weighted by Crippen LogP contribution is 2.34. The molecule has 0 atom stereocenters. The van der Waals surface area contributed by atoms with Crippen molar-refractivity contribution in [2.45, 2.75) is 12.8 Å². The molecule has 23 heavy (non-hydrogen) atoms. The number of aromatic nitrogens is 1. The van der Waals surface area contributed by atoms with Crippen LogP contribution in [0.3, 0.4) is 0 Å². The molecule has 1 saturated heterocycles. The molecule has 1 aromatic carbocycles. The van der Waals surface area contributed by atoms with Crippen LogP contribution in [0.5, 0.6) is 0 Å². The van der Waals surface area contributed by atoms with Gasteiger partial charge in [0.25, 0.3) is 0 Å². The number of ether oxygens (including phenoxy) is 1. The minimum atomic E-state index is 0.150. The van der Waals surface area contributed by atoms with Crippen LogP contribution in [0, 0.1) is 0 Å². The van der Waals surface area contributed by atoms with Crippen molar-refractivity contribution in [1.82, 2.24) is 9.88 Å². The van der Waals surface area contributed by atoms with Gasteiger partial charge in [-0.25, -0.2) is 4.98 Å². The number of nitrogens with zero attached hydrogens (tertiary/aromatic N) is 2. The molecule has 5 heteroatoms. The van der Waals surface area contributed by atoms with Gasteiger partial charge in [-0.05, 0) is 12.8 Å². The van der Waals surface area contributed by atoms with Gasteiger partial charge in [-0.1, -0.05) is 30.3 Å². The summed E-state index contributed by atoms with van der Waals surface area (Å²) in [6.45, 7) is 3.20. The van der Waals surface area contributed by atoms with E-state index in [0.29, 0.717) is 0 Å². The van der Waals surface area contributed by atoms with E-state index < -0.39 is 0 Å². The van der Waals surface area contributed by atoms with E-state index in [-0.39, 0.29) is 5.78 Å². The number of morpholine rings is 1. The SMILES string of the molecule is O=C1/C(=C/N2CCOCC2)CCc2nc(-c3ccccc3)sc21. The van der Waals surface area contributed by atoms with Gasteiger partial charge in [0.2, 0.25) is 5.78 Å². The number of fused-ring (bicyclic) bond motifs is 1. The molecule has 1 aliphatic carbocycles. The molecule has 0 spiro atoms. The minimum absolute atomic E-state index is 0.150. The Morgan fingerprint density at radius 3 is 2.70 bits per heavy atom. The predicted octanol–water partition coefficient (Wildman–Crippen LogP) is 3.16. The van der Waals surface area contributed by atoms with E-state index in [1.54, 1.807) is 0 Å². The molecule has 0 unspecified atom stereocenters. The molecule has 4 rings (SSSR count). The summed E-state index contributed by atoms with van der Waals surface area (Å²) in [4.78, 5) is 20.5. The van der Waals surface area contributed by atoms with Crippen LogP contribution in [-0.4, -0.2) is 42.0 Å². The minimum Gasteiger partial charge on any atom is -0.378 e. The van der Waals surface area contributed by atoms with Crippen molar-refractivity contribution in [1.29, 1.82) is 0 Å². The number of carbonyl (C=O) groups excluding carboxylic acids is 1. The topological polar surface area (TPSA) is 42.4 Å². The molecule has 2 aliphatic rings. The number of carbonyl (C=O) groups is 1. The largest absolute Gasteiger partial charge is 0.378 e. The average molecular weight is 326 g/mol. The summed E-state index contributed by atoms with van der Waals surface area (Å²) in [6, 6.07) is 10.1. The molecule has 0 radical (unpaired) electrons. The Kier molecular flexibility index (Phi) is 3.97. The van der Waals surface area contributed by atoms with Gasteiger partial charge in [-0.2, -0.15) is 0 Å². The number of ketones is 1. The summed E-state index contributed by atoms with van der Waals surface area (Å²) < 4.78 is 5.36. The van der Waals surface area contributed by atoms with Crippen LogP contribution in [0.2, 0.25) is 0 Å². The van der Waals surface area contributed by atoms with Crippen molar-refractivity contribution in [3.8, 4) is 10.6 Å². The lowest BCUT2D eigenvalue weighted by molar-refractivity contribution is 0.0586. The second-order valence-electron chi connectivity index (χ2n) is 5.79. The van der Waals surface area contributed by atoms with E-state index >= 15 is 0 Å². The zero-order valence-electron chi connectivity index (χ0n) is 12.8. The van der Waals surface area contributed by atoms with Gasteiger partial charge in [-0.15, -0.1) is 11.3 Å². The quantitative estimate of drug-likeness (QED) is 0.795. The first-order valence-corrected chi connectivity index (χ1v) is 8.75. The van der Waals surface area contributed by atoms with E-state index in [1.807, 2.05) is 36.5 Å². The number of hydrogen-bond acceptors (Lipinski definition) is 5. The van der Waals surface area contributed by atoms with Gasteiger partial charge >= 0.3 is 0 Å². The third-order valence-corrected chi connectivity index (χ3v) is 5.38. The molecule has 0 N–H and O–H groups in total. The molecule has 2 aromatic rings. The van der Waals surface area contributed by atoms with Crippen LogP contribution in [-0.2, 0) is 11.2 Å². The lowest BCUT2D eigenvalue weighted by Gasteiger charge is -2.26. The number of hydrogen-bond donors (Lipinski definition) is 0. The number of rotatable bonds is 2. The number of Topliss-reactive ketones (excluding diaryl/α,β-unsaturated/α-hetero) is 1. The van der Waals surface area contributed by atoms with E-state index in [0.717, 1.165) is 65.9 Å². The molecular weight excluding hydrogens is 308 g/mol. The molecule has 0 saturated carbocycles. The lowest BCUT2D eigenvalue weighted by atomic mass is 9.96. The van der Waals surface area contributed by atoms with E-state index in [9.17, 15) is 4.79 Å². The summed E-state index contributed by atoms with van der Waals surface area (Å²) in [6.07, 6.45) is 3.66. The molecule has 1 fully saturated rings. The molecular formula is C18H18N2O2S. The summed E-state index contributed by atoms with van der Waals surface area (Å²) in [5.41, 5.74) is 2.94. The van der Waals surface area contributed by atoms with Crippen LogP contribution in [0.15, 0.2) is 42.1 Å². The fourth-order valence-electron chi connectivity index (χ4n) is 2.97. The highest BCUT2D eigenvalue weighted by Gasteiger charge is 2.27. The van der Waals surface area contributed by atoms with Gasteiger partial charge in [0.1, 0.15) is 5.01 Å². The third kappa shape index (κ3) is 2.94. The number of aryl methyl sites for hydroxylation is 1. The first kappa shape index (κ1) is 14.6. The fraction of sp³-hybridized carbons (Fsp3) is 0.333. The fourth-order valence-corrected chi connectivity index (χ4v) is 4.06. The second kappa shape index (κ2) is 6.26. The summed E-state index contributed by atoms with van der Waals surface area (Å²) >= 11 is 1.52. The van der Waals surface area contributed by atoms with Gasteiger partial charge in [0.05, 0.1) is 23.8 Å². The molecule has 118 valence electrons. The molecule has 2 heterocycles. The Bertz CT molecular complexity index is 746. The molecule has 0 bridgehead atoms. The van der Waals surface area contributed by atoms with Crippen LogP contribution < -0.4 is 0 Å². The first-order valence-electron chi connectivity index (χ1n) is 7.93. The maximum Gasteiger partial charge on any atom is 0.202 e. The summed E-state index contributed by atoms with van der Waals surface area (Å²) in [5.74, 6) is 0.150. The number of benzene rings is 1. The third-order valence-electron chi connectivity index (χ3n) is 4.23. The van der Waals surface area contributed by atoms with E-state index in [4.69, 9.17) is 4.74 Å². The van der Waals surface area contributed by atoms with Crippen molar-refractivity contribution in [3.63, 3.8) is 0 Å². The van der Waals surface area contributed by atoms with Crippen LogP contribution in [0.4, 0.5) is 0 Å². The maximum absolute atomic E-state index is 12.8. The Morgan fingerprint density at radius 2 is 1.91 bits per heavy atom. The van der Waals surface area contributed by atoms with Gasteiger partial charge in [0.15, 0.2) is 0 Å². The highest BCUT2D eigenvalue weighted by molar-refractivity contribution is 7.17. The van der Waals surface area contributed by atoms with E-state index in [1.165, 1.54) is 11.3 Å². The van der Waals surface area contributed by atoms with Gasteiger partial charge in [0, 0.05) is 30.4 Å². The zero-order chi connectivity index (χ0) is 15.6. The Balaban J connectivity index is 1.61. The Morgan fingerprint density at radius 1 is 1.13 bits per heavy atom. The van der Waals surface area contributed by atoms with E-state index in [2.05, 4.69) is 9.88 Å². The van der Waals surface area contributed by atoms with Gasteiger partial charge < -0.3 is 9.64 Å². The zero-order valence-corrected chi connectivity index (χ0v) is 13.6. The predicted molar refractivity (Wildman–Crippen MR) is 90.7 cm³/mol. The molecule has 4 nitrogen and oxygen atoms in total. The smallest absolute Gasteiger partial charge is 0.202 e.